The topological polar surface area (TPSA) is 54.5 Å². The highest BCUT2D eigenvalue weighted by atomic mass is 19.1. The molecule has 60 valence electrons. The molecule has 12 heavy (non-hydrogen) atoms. The first-order valence-electron chi connectivity index (χ1n) is 3.33. The number of hydrogen-bond donors (Lipinski definition) is 1. The van der Waals surface area contributed by atoms with Crippen molar-refractivity contribution in [3.63, 3.8) is 0 Å². The van der Waals surface area contributed by atoms with Gasteiger partial charge in [0.2, 0.25) is 0 Å². The van der Waals surface area contributed by atoms with Crippen LogP contribution in [-0.2, 0) is 0 Å². The maximum absolute atomic E-state index is 12.4. The van der Waals surface area contributed by atoms with Gasteiger partial charge in [-0.1, -0.05) is 0 Å². The van der Waals surface area contributed by atoms with Crippen LogP contribution in [0.1, 0.15) is 0 Å². The summed E-state index contributed by atoms with van der Waals surface area (Å²) in [5.74, 6) is -0.00725. The summed E-state index contributed by atoms with van der Waals surface area (Å²) in [5.41, 5.74) is 0.676. The number of H-pyrrole nitrogens is 1. The van der Waals surface area contributed by atoms with Gasteiger partial charge in [-0.3, -0.25) is 5.10 Å². The number of aromatic nitrogens is 4. The van der Waals surface area contributed by atoms with Gasteiger partial charge in [0, 0.05) is 6.20 Å². The summed E-state index contributed by atoms with van der Waals surface area (Å²) in [6.45, 7) is 0. The maximum Gasteiger partial charge on any atom is 0.177 e. The van der Waals surface area contributed by atoms with E-state index < -0.39 is 5.82 Å². The molecule has 0 spiro atoms. The lowest BCUT2D eigenvalue weighted by Crippen LogP contribution is -1.89. The van der Waals surface area contributed by atoms with Gasteiger partial charge < -0.3 is 0 Å². The summed E-state index contributed by atoms with van der Waals surface area (Å²) < 4.78 is 12.4. The molecule has 0 radical (unpaired) electrons. The summed E-state index contributed by atoms with van der Waals surface area (Å²) in [6, 6.07) is 1.72. The molecule has 4 nitrogen and oxygen atoms in total. The number of halogens is 1. The Bertz CT molecular complexity index is 353. The fraction of sp³-hybridized carbons (Fsp3) is 0. The standard InChI is InChI=1S/C7H5FN4/c8-5-3-9-7(10-4-5)6-1-2-11-12-6/h1-4H,(H,11,12). The second kappa shape index (κ2) is 2.69. The van der Waals surface area contributed by atoms with E-state index in [0.29, 0.717) is 11.5 Å². The maximum atomic E-state index is 12.4. The van der Waals surface area contributed by atoms with Crippen LogP contribution in [0, 0.1) is 5.82 Å². The van der Waals surface area contributed by atoms with Crippen molar-refractivity contribution in [1.82, 2.24) is 20.2 Å². The Morgan fingerprint density at radius 1 is 1.25 bits per heavy atom. The van der Waals surface area contributed by atoms with Gasteiger partial charge in [-0.2, -0.15) is 5.10 Å². The molecule has 0 aliphatic heterocycles. The van der Waals surface area contributed by atoms with Gasteiger partial charge in [-0.05, 0) is 6.07 Å². The SMILES string of the molecule is Fc1cnc(-c2ccn[nH]2)nc1. The van der Waals surface area contributed by atoms with E-state index in [1.54, 1.807) is 12.3 Å². The smallest absolute Gasteiger partial charge is 0.177 e. The van der Waals surface area contributed by atoms with E-state index in [2.05, 4.69) is 20.2 Å². The highest BCUT2D eigenvalue weighted by Crippen LogP contribution is 2.08. The lowest BCUT2D eigenvalue weighted by Gasteiger charge is -1.92. The molecule has 0 bridgehead atoms. The molecule has 2 aromatic heterocycles. The molecule has 0 fully saturated rings. The molecule has 0 atom stereocenters. The van der Waals surface area contributed by atoms with Gasteiger partial charge in [0.15, 0.2) is 11.6 Å². The summed E-state index contributed by atoms with van der Waals surface area (Å²) in [4.78, 5) is 7.53. The van der Waals surface area contributed by atoms with Crippen molar-refractivity contribution in [3.8, 4) is 11.5 Å². The predicted octanol–water partition coefficient (Wildman–Crippen LogP) is 1.01. The van der Waals surface area contributed by atoms with Crippen LogP contribution in [0.2, 0.25) is 0 Å². The van der Waals surface area contributed by atoms with Crippen molar-refractivity contribution in [3.05, 3.63) is 30.5 Å². The summed E-state index contributed by atoms with van der Waals surface area (Å²) in [6.07, 6.45) is 3.81. The molecule has 5 heteroatoms. The van der Waals surface area contributed by atoms with Gasteiger partial charge in [-0.25, -0.2) is 14.4 Å². The van der Waals surface area contributed by atoms with Crippen LogP contribution < -0.4 is 0 Å². The zero-order chi connectivity index (χ0) is 8.39. The Hall–Kier alpha value is -1.78. The summed E-state index contributed by atoms with van der Waals surface area (Å²) in [5, 5.41) is 6.40. The Kier molecular flexibility index (Phi) is 1.55. The van der Waals surface area contributed by atoms with E-state index in [1.807, 2.05) is 0 Å². The van der Waals surface area contributed by atoms with Crippen LogP contribution in [0.4, 0.5) is 4.39 Å². The first-order chi connectivity index (χ1) is 5.86. The van der Waals surface area contributed by atoms with Gasteiger partial charge >= 0.3 is 0 Å². The normalized spacial score (nSPS) is 10.1. The summed E-state index contributed by atoms with van der Waals surface area (Å²) in [7, 11) is 0. The van der Waals surface area contributed by atoms with Crippen LogP contribution in [0.15, 0.2) is 24.7 Å². The molecular weight excluding hydrogens is 159 g/mol. The van der Waals surface area contributed by atoms with Gasteiger partial charge in [-0.15, -0.1) is 0 Å². The van der Waals surface area contributed by atoms with E-state index >= 15 is 0 Å². The van der Waals surface area contributed by atoms with Crippen molar-refractivity contribution in [2.24, 2.45) is 0 Å². The third-order valence-electron chi connectivity index (χ3n) is 1.36. The minimum Gasteiger partial charge on any atom is -0.275 e. The molecule has 2 heterocycles. The van der Waals surface area contributed by atoms with Crippen LogP contribution in [0.3, 0.4) is 0 Å². The Balaban J connectivity index is 2.43. The fourth-order valence-corrected chi connectivity index (χ4v) is 0.832. The molecule has 1 N–H and O–H groups in total. The number of aromatic amines is 1. The van der Waals surface area contributed by atoms with E-state index in [4.69, 9.17) is 0 Å². The molecule has 0 amide bonds. The Morgan fingerprint density at radius 3 is 2.58 bits per heavy atom. The van der Waals surface area contributed by atoms with Gasteiger partial charge in [0.25, 0.3) is 0 Å². The second-order valence-electron chi connectivity index (χ2n) is 2.20. The highest BCUT2D eigenvalue weighted by molar-refractivity contribution is 5.46. The zero-order valence-corrected chi connectivity index (χ0v) is 6.03. The van der Waals surface area contributed by atoms with E-state index in [-0.39, 0.29) is 0 Å². The third kappa shape index (κ3) is 1.16. The van der Waals surface area contributed by atoms with Crippen LogP contribution in [0.5, 0.6) is 0 Å². The molecule has 0 aliphatic carbocycles. The van der Waals surface area contributed by atoms with E-state index in [1.165, 1.54) is 0 Å². The molecule has 2 aromatic rings. The summed E-state index contributed by atoms with van der Waals surface area (Å²) >= 11 is 0. The third-order valence-corrected chi connectivity index (χ3v) is 1.36. The zero-order valence-electron chi connectivity index (χ0n) is 6.03. The van der Waals surface area contributed by atoms with Crippen molar-refractivity contribution < 1.29 is 4.39 Å². The monoisotopic (exact) mass is 164 g/mol. The van der Waals surface area contributed by atoms with Crippen LogP contribution in [-0.4, -0.2) is 20.2 Å². The fourth-order valence-electron chi connectivity index (χ4n) is 0.832. The Labute approximate surface area is 67.5 Å². The van der Waals surface area contributed by atoms with Crippen molar-refractivity contribution in [2.75, 3.05) is 0 Å². The first kappa shape index (κ1) is 6.90. The van der Waals surface area contributed by atoms with Gasteiger partial charge in [0.1, 0.15) is 5.69 Å². The van der Waals surface area contributed by atoms with Crippen molar-refractivity contribution in [1.29, 1.82) is 0 Å². The molecule has 0 aliphatic rings. The minimum atomic E-state index is -0.446. The number of nitrogens with zero attached hydrogens (tertiary/aromatic N) is 3. The first-order valence-corrected chi connectivity index (χ1v) is 3.33. The second-order valence-corrected chi connectivity index (χ2v) is 2.20. The quantitative estimate of drug-likeness (QED) is 0.684. The van der Waals surface area contributed by atoms with Gasteiger partial charge in [0.05, 0.1) is 12.4 Å². The molecule has 0 unspecified atom stereocenters. The largest absolute Gasteiger partial charge is 0.275 e. The van der Waals surface area contributed by atoms with Crippen LogP contribution >= 0.6 is 0 Å². The lowest BCUT2D eigenvalue weighted by atomic mass is 10.4. The lowest BCUT2D eigenvalue weighted by molar-refractivity contribution is 0.614. The van der Waals surface area contributed by atoms with E-state index in [0.717, 1.165) is 12.4 Å². The predicted molar refractivity (Wildman–Crippen MR) is 39.6 cm³/mol. The number of hydrogen-bond acceptors (Lipinski definition) is 3. The number of nitrogens with one attached hydrogen (secondary N) is 1. The molecule has 0 saturated heterocycles. The van der Waals surface area contributed by atoms with Crippen molar-refractivity contribution >= 4 is 0 Å². The molecule has 0 aromatic carbocycles. The molecule has 0 saturated carbocycles. The Morgan fingerprint density at radius 2 is 2.00 bits per heavy atom. The number of rotatable bonds is 1. The van der Waals surface area contributed by atoms with E-state index in [9.17, 15) is 4.39 Å². The average Bonchev–Trinajstić information content (AvgIpc) is 2.58. The van der Waals surface area contributed by atoms with Crippen LogP contribution in [0.25, 0.3) is 11.5 Å². The molecular formula is C7H5FN4. The minimum absolute atomic E-state index is 0.439. The average molecular weight is 164 g/mol. The molecule has 2 rings (SSSR count). The highest BCUT2D eigenvalue weighted by Gasteiger charge is 2.00. The van der Waals surface area contributed by atoms with Crippen molar-refractivity contribution in [2.45, 2.75) is 0 Å².